The summed E-state index contributed by atoms with van der Waals surface area (Å²) in [6.07, 6.45) is 1.92. The van der Waals surface area contributed by atoms with Gasteiger partial charge in [0.05, 0.1) is 0 Å². The van der Waals surface area contributed by atoms with E-state index in [2.05, 4.69) is 302 Å². The molecule has 7 heteroatoms. The van der Waals surface area contributed by atoms with Gasteiger partial charge >= 0.3 is 0 Å². The minimum Gasteiger partial charge on any atom is -0.509 e. The minimum absolute atomic E-state index is 0. The fraction of sp³-hybridized carbons (Fsp3) is 0.167. The Kier molecular flexibility index (Phi) is 14.0. The molecule has 0 spiro atoms. The van der Waals surface area contributed by atoms with E-state index < -0.39 is 8.07 Å². The van der Waals surface area contributed by atoms with Crippen molar-refractivity contribution in [1.82, 2.24) is 9.55 Å². The van der Waals surface area contributed by atoms with E-state index in [4.69, 9.17) is 9.72 Å². The van der Waals surface area contributed by atoms with Crippen LogP contribution in [-0.2, 0) is 37.3 Å². The third kappa shape index (κ3) is 9.85. The number of nitrogens with zero attached hydrogens (tertiary/aromatic N) is 4. The van der Waals surface area contributed by atoms with Gasteiger partial charge in [-0.3, -0.25) is 0 Å². The van der Waals surface area contributed by atoms with Gasteiger partial charge in [0.2, 0.25) is 0 Å². The zero-order valence-corrected chi connectivity index (χ0v) is 49.7. The maximum Gasteiger partial charge on any atom is 0.181 e. The summed E-state index contributed by atoms with van der Waals surface area (Å²) in [6, 6.07) is 87.2. The summed E-state index contributed by atoms with van der Waals surface area (Å²) in [5.41, 5.74) is 12.0. The zero-order valence-electron chi connectivity index (χ0n) is 46.5. The van der Waals surface area contributed by atoms with Gasteiger partial charge in [0.15, 0.2) is 8.07 Å². The van der Waals surface area contributed by atoms with Crippen molar-refractivity contribution in [2.45, 2.75) is 78.6 Å². The van der Waals surface area contributed by atoms with Gasteiger partial charge in [-0.05, 0) is 107 Å². The van der Waals surface area contributed by atoms with Crippen molar-refractivity contribution in [3.05, 3.63) is 260 Å². The van der Waals surface area contributed by atoms with Crippen molar-refractivity contribution in [2.24, 2.45) is 0 Å². The van der Waals surface area contributed by atoms with Gasteiger partial charge in [0, 0.05) is 61.3 Å². The van der Waals surface area contributed by atoms with Gasteiger partial charge in [0.1, 0.15) is 5.82 Å². The van der Waals surface area contributed by atoms with Crippen LogP contribution in [0.1, 0.15) is 79.0 Å². The number of para-hydroxylation sites is 1. The van der Waals surface area contributed by atoms with E-state index in [1.165, 1.54) is 43.0 Å². The van der Waals surface area contributed by atoms with Crippen LogP contribution in [0.25, 0.3) is 38.8 Å². The average Bonchev–Trinajstić information content (AvgIpc) is 4.11. The maximum atomic E-state index is 6.91. The first kappa shape index (κ1) is 53.2. The Bertz CT molecular complexity index is 3860. The predicted molar refractivity (Wildman–Crippen MR) is 329 cm³/mol. The first-order valence-electron chi connectivity index (χ1n) is 27.2. The molecule has 0 unspecified atom stereocenters. The number of rotatable bonds is 10. The fourth-order valence-electron chi connectivity index (χ4n) is 11.3. The van der Waals surface area contributed by atoms with Gasteiger partial charge < -0.3 is 19.1 Å². The molecule has 0 saturated carbocycles. The summed E-state index contributed by atoms with van der Waals surface area (Å²) >= 11 is 0. The van der Waals surface area contributed by atoms with E-state index in [-0.39, 0.29) is 37.3 Å². The first-order valence-corrected chi connectivity index (χ1v) is 29.2. The molecule has 5 nitrogen and oxygen atoms in total. The number of hydrogen-bond donors (Lipinski definition) is 0. The summed E-state index contributed by atoms with van der Waals surface area (Å²) in [7, 11) is -3.06. The standard InChI is InChI=1S/C72H65N4OSi.Pt/c1-70(2,3)52-40-41-73-68(46-52)76-64-39-36-51(50-24-14-10-15-25-50)42-63(64)62-38-37-58(48-66(62)76)77-57-27-22-26-55(47-57)74-49-75(56-44-53(71(4,5)6)43-54(45-56)72(7,8)9)69-65(74)34-23-35-67(69)78(59-28-16-11-17-29-59,60-30-18-12-19-31-60)61-32-20-13-21-33-61;/h10-46,49H,1-9H3;/q-3;. The third-order valence-corrected chi connectivity index (χ3v) is 20.3. The molecule has 0 bridgehead atoms. The van der Waals surface area contributed by atoms with Crippen molar-refractivity contribution >= 4 is 73.4 Å². The van der Waals surface area contributed by atoms with Gasteiger partial charge in [-0.2, -0.15) is 12.1 Å². The molecule has 1 aliphatic rings. The van der Waals surface area contributed by atoms with Crippen molar-refractivity contribution in [3.8, 4) is 28.4 Å². The van der Waals surface area contributed by atoms with Gasteiger partial charge in [-0.15, -0.1) is 48.1 Å². The molecule has 12 rings (SSSR count). The van der Waals surface area contributed by atoms with Crippen LogP contribution in [0.3, 0.4) is 0 Å². The number of ether oxygens (including phenoxy) is 1. The number of aromatic nitrogens is 2. The molecule has 396 valence electrons. The van der Waals surface area contributed by atoms with Crippen LogP contribution < -0.4 is 35.3 Å². The normalized spacial score (nSPS) is 12.9. The maximum absolute atomic E-state index is 6.91. The molecule has 0 radical (unpaired) electrons. The Balaban J connectivity index is 0.00000660. The molecule has 0 aliphatic carbocycles. The van der Waals surface area contributed by atoms with Crippen LogP contribution in [0.4, 0.5) is 22.7 Å². The van der Waals surface area contributed by atoms with Crippen LogP contribution in [0.5, 0.6) is 11.5 Å². The summed E-state index contributed by atoms with van der Waals surface area (Å²) in [6.45, 7) is 22.9. The number of hydrogen-bond acceptors (Lipinski definition) is 4. The molecule has 1 aliphatic heterocycles. The molecule has 11 aromatic rings. The van der Waals surface area contributed by atoms with Crippen molar-refractivity contribution in [1.29, 1.82) is 0 Å². The van der Waals surface area contributed by atoms with Crippen LogP contribution >= 0.6 is 0 Å². The van der Waals surface area contributed by atoms with Crippen LogP contribution in [-0.4, -0.2) is 17.6 Å². The molecule has 0 saturated heterocycles. The predicted octanol–water partition coefficient (Wildman–Crippen LogP) is 15.9. The van der Waals surface area contributed by atoms with E-state index in [0.29, 0.717) is 11.5 Å². The van der Waals surface area contributed by atoms with E-state index >= 15 is 0 Å². The monoisotopic (exact) mass is 1220 g/mol. The molecule has 0 atom stereocenters. The Morgan fingerprint density at radius 2 is 1.04 bits per heavy atom. The molecular formula is C72H65N4OPtSi-3. The Morgan fingerprint density at radius 3 is 1.63 bits per heavy atom. The summed E-state index contributed by atoms with van der Waals surface area (Å²) in [4.78, 5) is 9.74. The SMILES string of the molecule is CC(C)(C)c1cc(N2[CH-]N(c3[c-]c(Oc4[c-]c5c(cc4)c4cc(-c6ccccc6)ccc4n5-c4cc(C(C)(C)C)ccn4)ccc3)c3cccc([Si](c4ccccc4)(c4ccccc4)c4ccccc4)c32)cc(C(C)(C)C)c1.[Pt]. The topological polar surface area (TPSA) is 33.5 Å². The smallest absolute Gasteiger partial charge is 0.181 e. The van der Waals surface area contributed by atoms with E-state index in [1.807, 2.05) is 18.3 Å². The molecule has 2 aromatic heterocycles. The Labute approximate surface area is 482 Å². The van der Waals surface area contributed by atoms with Gasteiger partial charge in [0.25, 0.3) is 0 Å². The molecule has 3 heterocycles. The second-order valence-corrected chi connectivity index (χ2v) is 27.6. The van der Waals surface area contributed by atoms with Gasteiger partial charge in [-0.25, -0.2) is 4.98 Å². The quantitative estimate of drug-likeness (QED) is 0.0776. The second-order valence-electron chi connectivity index (χ2n) is 23.8. The van der Waals surface area contributed by atoms with E-state index in [9.17, 15) is 0 Å². The molecule has 0 N–H and O–H groups in total. The summed E-state index contributed by atoms with van der Waals surface area (Å²) in [5, 5.41) is 7.44. The number of pyridine rings is 1. The van der Waals surface area contributed by atoms with Crippen molar-refractivity contribution in [3.63, 3.8) is 0 Å². The largest absolute Gasteiger partial charge is 0.509 e. The third-order valence-electron chi connectivity index (χ3n) is 15.5. The number of anilines is 4. The number of fused-ring (bicyclic) bond motifs is 4. The van der Waals surface area contributed by atoms with Crippen molar-refractivity contribution in [2.75, 3.05) is 9.80 Å². The van der Waals surface area contributed by atoms with Crippen LogP contribution in [0.2, 0.25) is 0 Å². The zero-order chi connectivity index (χ0) is 54.0. The van der Waals surface area contributed by atoms with Gasteiger partial charge in [-0.1, -0.05) is 219 Å². The molecule has 79 heavy (non-hydrogen) atoms. The van der Waals surface area contributed by atoms with E-state index in [1.54, 1.807) is 0 Å². The Morgan fingerprint density at radius 1 is 0.468 bits per heavy atom. The fourth-order valence-corrected chi connectivity index (χ4v) is 16.3. The summed E-state index contributed by atoms with van der Waals surface area (Å²) < 4.78 is 9.14. The van der Waals surface area contributed by atoms with Crippen LogP contribution in [0, 0.1) is 18.8 Å². The molecule has 9 aromatic carbocycles. The number of benzene rings is 9. The first-order chi connectivity index (χ1) is 37.6. The van der Waals surface area contributed by atoms with Crippen molar-refractivity contribution < 1.29 is 25.8 Å². The molecule has 0 amide bonds. The Hall–Kier alpha value is -7.76. The second kappa shape index (κ2) is 20.8. The van der Waals surface area contributed by atoms with Crippen LogP contribution in [0.15, 0.2) is 225 Å². The molecular weight excluding hydrogens is 1160 g/mol. The molecule has 0 fully saturated rings. The summed E-state index contributed by atoms with van der Waals surface area (Å²) in [5.74, 6) is 2.01. The average molecular weight is 1230 g/mol. The minimum atomic E-state index is -3.06. The van der Waals surface area contributed by atoms with E-state index in [0.717, 1.165) is 55.9 Å².